The van der Waals surface area contributed by atoms with Gasteiger partial charge in [0, 0.05) is 0 Å². The van der Waals surface area contributed by atoms with Crippen molar-refractivity contribution in [1.29, 1.82) is 0 Å². The third-order valence-electron chi connectivity index (χ3n) is 9.24. The van der Waals surface area contributed by atoms with Gasteiger partial charge in [0.2, 0.25) is 0 Å². The van der Waals surface area contributed by atoms with Crippen LogP contribution in [0.15, 0.2) is 115 Å². The van der Waals surface area contributed by atoms with E-state index < -0.39 is 0 Å². The van der Waals surface area contributed by atoms with Crippen LogP contribution in [0, 0.1) is 22.7 Å². The zero-order chi connectivity index (χ0) is 23.1. The van der Waals surface area contributed by atoms with Crippen molar-refractivity contribution in [1.82, 2.24) is 0 Å². The highest BCUT2D eigenvalue weighted by atomic mass is 14.8. The summed E-state index contributed by atoms with van der Waals surface area (Å²) in [6, 6.07) is 0. The topological polar surface area (TPSA) is 49.4 Å². The van der Waals surface area contributed by atoms with E-state index in [2.05, 4.69) is 57.2 Å². The predicted octanol–water partition coefficient (Wildman–Crippen LogP) is 6.41. The molecule has 2 saturated carbocycles. The molecule has 168 valence electrons. The first-order valence-corrected chi connectivity index (χ1v) is 12.4. The zero-order valence-corrected chi connectivity index (χ0v) is 19.9. The maximum absolute atomic E-state index is 5.10. The van der Waals surface area contributed by atoms with Crippen molar-refractivity contribution >= 4 is 22.8 Å². The highest BCUT2D eigenvalue weighted by Gasteiger charge is 2.62. The van der Waals surface area contributed by atoms with Gasteiger partial charge in [0.25, 0.3) is 0 Å². The fraction of sp³-hybridized carbons (Fsp3) is 0.333. The van der Waals surface area contributed by atoms with Crippen molar-refractivity contribution in [3.05, 3.63) is 95.2 Å². The molecule has 4 nitrogen and oxygen atoms in total. The Kier molecular flexibility index (Phi) is 4.01. The van der Waals surface area contributed by atoms with E-state index in [1.807, 2.05) is 30.4 Å². The maximum Gasteiger partial charge on any atom is 0.0694 e. The largest absolute Gasteiger partial charge is 0.249 e. The summed E-state index contributed by atoms with van der Waals surface area (Å²) >= 11 is 0. The molecule has 0 saturated heterocycles. The molecular formula is C30H28N4. The highest BCUT2D eigenvalue weighted by molar-refractivity contribution is 6.16. The van der Waals surface area contributed by atoms with Gasteiger partial charge in [-0.2, -0.15) is 0 Å². The summed E-state index contributed by atoms with van der Waals surface area (Å²) in [6.07, 6.45) is 26.8. The molecule has 2 aliphatic carbocycles. The van der Waals surface area contributed by atoms with Gasteiger partial charge in [-0.15, -0.1) is 0 Å². The first-order chi connectivity index (χ1) is 16.4. The van der Waals surface area contributed by atoms with Gasteiger partial charge in [-0.25, -0.2) is 20.0 Å². The lowest BCUT2D eigenvalue weighted by Crippen LogP contribution is -2.34. The summed E-state index contributed by atoms with van der Waals surface area (Å²) in [5.74, 6) is 1.31. The number of hydrogen-bond acceptors (Lipinski definition) is 4. The molecule has 4 heteroatoms. The van der Waals surface area contributed by atoms with Crippen LogP contribution in [0.3, 0.4) is 0 Å². The van der Waals surface area contributed by atoms with Crippen molar-refractivity contribution in [3.8, 4) is 0 Å². The van der Waals surface area contributed by atoms with Crippen LogP contribution in [0.25, 0.3) is 0 Å². The fourth-order valence-corrected chi connectivity index (χ4v) is 6.87. The molecular weight excluding hydrogens is 416 g/mol. The van der Waals surface area contributed by atoms with E-state index in [1.165, 1.54) is 24.8 Å². The SMILES string of the molecule is CC1(C)C2CCC1(C)C(C1=CC3=CC4=NC(=CC5=NC(=CC6=NC(=CC1=N3)C=C6)C=C5)C=C4)C2. The third kappa shape index (κ3) is 2.91. The van der Waals surface area contributed by atoms with Gasteiger partial charge in [-0.1, -0.05) is 20.8 Å². The smallest absolute Gasteiger partial charge is 0.0694 e. The Balaban J connectivity index is 1.36. The van der Waals surface area contributed by atoms with Crippen molar-refractivity contribution in [2.75, 3.05) is 0 Å². The molecule has 0 N–H and O–H groups in total. The van der Waals surface area contributed by atoms with Crippen LogP contribution in [0.1, 0.15) is 40.0 Å². The van der Waals surface area contributed by atoms with Crippen LogP contribution < -0.4 is 0 Å². The van der Waals surface area contributed by atoms with Crippen LogP contribution in [0.5, 0.6) is 0 Å². The Labute approximate surface area is 200 Å². The molecule has 5 heterocycles. The Morgan fingerprint density at radius 1 is 0.647 bits per heavy atom. The molecule has 7 aliphatic rings. The average molecular weight is 445 g/mol. The van der Waals surface area contributed by atoms with Gasteiger partial charge in [0.1, 0.15) is 0 Å². The minimum Gasteiger partial charge on any atom is -0.249 e. The van der Waals surface area contributed by atoms with Gasteiger partial charge >= 0.3 is 0 Å². The quantitative estimate of drug-likeness (QED) is 0.449. The lowest BCUT2D eigenvalue weighted by molar-refractivity contribution is 0.121. The summed E-state index contributed by atoms with van der Waals surface area (Å²) in [5.41, 5.74) is 9.60. The Morgan fingerprint density at radius 3 is 1.74 bits per heavy atom. The maximum atomic E-state index is 5.10. The number of allylic oxidation sites excluding steroid dienone is 12. The first kappa shape index (κ1) is 20.0. The minimum absolute atomic E-state index is 0.298. The highest BCUT2D eigenvalue weighted by Crippen LogP contribution is 2.69. The second-order valence-electron chi connectivity index (χ2n) is 11.1. The Hall–Kier alpha value is -3.40. The van der Waals surface area contributed by atoms with Crippen LogP contribution in [0.2, 0.25) is 0 Å². The predicted molar refractivity (Wildman–Crippen MR) is 140 cm³/mol. The lowest BCUT2D eigenvalue weighted by Gasteiger charge is -2.40. The Morgan fingerprint density at radius 2 is 1.21 bits per heavy atom. The summed E-state index contributed by atoms with van der Waals surface area (Å²) in [4.78, 5) is 19.5. The second kappa shape index (κ2) is 6.82. The van der Waals surface area contributed by atoms with E-state index in [0.717, 1.165) is 51.6 Å². The van der Waals surface area contributed by atoms with Crippen molar-refractivity contribution in [2.24, 2.45) is 42.6 Å². The summed E-state index contributed by atoms with van der Waals surface area (Å²) in [5, 5.41) is 0. The molecule has 0 spiro atoms. The number of fused-ring (bicyclic) bond motifs is 6. The number of aliphatic imine (C=N–C) groups is 4. The zero-order valence-electron chi connectivity index (χ0n) is 19.9. The molecule has 0 aromatic carbocycles. The van der Waals surface area contributed by atoms with E-state index in [0.29, 0.717) is 16.7 Å². The molecule has 5 aliphatic heterocycles. The molecule has 0 aromatic heterocycles. The normalized spacial score (nSPS) is 33.8. The summed E-state index contributed by atoms with van der Waals surface area (Å²) in [7, 11) is 0. The monoisotopic (exact) mass is 444 g/mol. The Bertz CT molecular complexity index is 1410. The second-order valence-corrected chi connectivity index (χ2v) is 11.1. The lowest BCUT2D eigenvalue weighted by atomic mass is 9.64. The standard InChI is InChI=1S/C30H28N4/c1-29(2)18-10-11-30(29,3)27(12-18)26-16-25-15-23-7-6-21(32-23)13-19-4-5-20(31-19)14-22-8-9-24(33-22)17-28(26)34-25/h4-9,13-18,27H,10-12H2,1-3H3. The van der Waals surface area contributed by atoms with E-state index in [9.17, 15) is 0 Å². The third-order valence-corrected chi connectivity index (χ3v) is 9.24. The molecule has 0 radical (unpaired) electrons. The summed E-state index contributed by atoms with van der Waals surface area (Å²) in [6.45, 7) is 7.47. The van der Waals surface area contributed by atoms with Crippen LogP contribution >= 0.6 is 0 Å². The molecule has 0 amide bonds. The van der Waals surface area contributed by atoms with Gasteiger partial charge < -0.3 is 0 Å². The van der Waals surface area contributed by atoms with Crippen molar-refractivity contribution < 1.29 is 0 Å². The average Bonchev–Trinajstić information content (AvgIpc) is 3.62. The van der Waals surface area contributed by atoms with Gasteiger partial charge in [-0.05, 0) is 114 Å². The van der Waals surface area contributed by atoms with Gasteiger partial charge in [-0.3, -0.25) is 0 Å². The minimum atomic E-state index is 0.298. The van der Waals surface area contributed by atoms with Crippen molar-refractivity contribution in [3.63, 3.8) is 0 Å². The van der Waals surface area contributed by atoms with Gasteiger partial charge in [0.15, 0.2) is 0 Å². The number of hydrogen-bond donors (Lipinski definition) is 0. The summed E-state index contributed by atoms with van der Waals surface area (Å²) < 4.78 is 0. The van der Waals surface area contributed by atoms with E-state index in [1.54, 1.807) is 0 Å². The molecule has 3 unspecified atom stereocenters. The molecule has 0 aromatic rings. The van der Waals surface area contributed by atoms with Crippen molar-refractivity contribution in [2.45, 2.75) is 40.0 Å². The van der Waals surface area contributed by atoms with E-state index in [4.69, 9.17) is 20.0 Å². The van der Waals surface area contributed by atoms with E-state index in [-0.39, 0.29) is 0 Å². The number of rotatable bonds is 1. The van der Waals surface area contributed by atoms with Gasteiger partial charge in [0.05, 0.1) is 45.6 Å². The molecule has 7 rings (SSSR count). The first-order valence-electron chi connectivity index (χ1n) is 12.4. The van der Waals surface area contributed by atoms with Crippen LogP contribution in [-0.4, -0.2) is 22.8 Å². The van der Waals surface area contributed by atoms with Crippen LogP contribution in [-0.2, 0) is 0 Å². The molecule has 34 heavy (non-hydrogen) atoms. The van der Waals surface area contributed by atoms with Crippen LogP contribution in [0.4, 0.5) is 0 Å². The molecule has 10 bridgehead atoms. The fourth-order valence-electron chi connectivity index (χ4n) is 6.87. The molecule has 3 atom stereocenters. The number of nitrogens with zero attached hydrogens (tertiary/aromatic N) is 4. The van der Waals surface area contributed by atoms with E-state index >= 15 is 0 Å². The molecule has 2 fully saturated rings.